The van der Waals surface area contributed by atoms with E-state index in [1.807, 2.05) is 24.0 Å². The highest BCUT2D eigenvalue weighted by Crippen LogP contribution is 2.18. The van der Waals surface area contributed by atoms with E-state index in [9.17, 15) is 9.59 Å². The molecule has 9 nitrogen and oxygen atoms in total. The number of anilines is 1. The van der Waals surface area contributed by atoms with E-state index in [1.54, 1.807) is 16.8 Å². The Labute approximate surface area is 176 Å². The first-order valence-corrected chi connectivity index (χ1v) is 10.5. The summed E-state index contributed by atoms with van der Waals surface area (Å²) in [4.78, 5) is 35.9. The minimum Gasteiger partial charge on any atom is -0.382 e. The molecule has 0 spiro atoms. The molecule has 1 fully saturated rings. The molecule has 0 unspecified atom stereocenters. The van der Waals surface area contributed by atoms with Crippen molar-refractivity contribution in [2.24, 2.45) is 0 Å². The number of hydrogen-bond acceptors (Lipinski definition) is 6. The van der Waals surface area contributed by atoms with Gasteiger partial charge in [-0.25, -0.2) is 14.8 Å². The van der Waals surface area contributed by atoms with Crippen LogP contribution >= 0.6 is 0 Å². The lowest BCUT2D eigenvalue weighted by Crippen LogP contribution is -2.49. The van der Waals surface area contributed by atoms with E-state index in [0.29, 0.717) is 56.4 Å². The summed E-state index contributed by atoms with van der Waals surface area (Å²) < 4.78 is 6.86. The molecule has 0 aliphatic carbocycles. The van der Waals surface area contributed by atoms with Gasteiger partial charge < -0.3 is 20.3 Å². The zero-order valence-corrected chi connectivity index (χ0v) is 17.5. The Morgan fingerprint density at radius 2 is 2.20 bits per heavy atom. The number of ether oxygens (including phenoxy) is 1. The molecule has 0 radical (unpaired) electrons. The van der Waals surface area contributed by atoms with Gasteiger partial charge >= 0.3 is 6.03 Å². The second-order valence-corrected chi connectivity index (χ2v) is 7.20. The lowest BCUT2D eigenvalue weighted by atomic mass is 10.1. The van der Waals surface area contributed by atoms with E-state index in [1.165, 1.54) is 0 Å². The second-order valence-electron chi connectivity index (χ2n) is 7.20. The molecule has 1 aliphatic heterocycles. The van der Waals surface area contributed by atoms with Gasteiger partial charge in [0.25, 0.3) is 5.56 Å². The van der Waals surface area contributed by atoms with Gasteiger partial charge in [-0.15, -0.1) is 6.58 Å². The highest BCUT2D eigenvalue weighted by atomic mass is 16.5. The molecule has 2 aromatic heterocycles. The van der Waals surface area contributed by atoms with Crippen molar-refractivity contribution in [3.8, 4) is 0 Å². The number of fused-ring (bicyclic) bond motifs is 1. The second kappa shape index (κ2) is 10.7. The Morgan fingerprint density at radius 1 is 1.40 bits per heavy atom. The van der Waals surface area contributed by atoms with Crippen molar-refractivity contribution < 1.29 is 9.53 Å². The number of nitrogens with one attached hydrogen (secondary N) is 2. The molecule has 0 atom stereocenters. The Balaban J connectivity index is 1.59. The number of amides is 2. The fourth-order valence-corrected chi connectivity index (χ4v) is 3.56. The lowest BCUT2D eigenvalue weighted by Gasteiger charge is -2.33. The number of urea groups is 1. The van der Waals surface area contributed by atoms with Crippen LogP contribution in [0.3, 0.4) is 0 Å². The van der Waals surface area contributed by atoms with Crippen LogP contribution in [0.15, 0.2) is 35.8 Å². The predicted molar refractivity (Wildman–Crippen MR) is 117 cm³/mol. The number of hydrogen-bond donors (Lipinski definition) is 2. The molecule has 162 valence electrons. The Kier molecular flexibility index (Phi) is 7.78. The van der Waals surface area contributed by atoms with Gasteiger partial charge in [-0.1, -0.05) is 6.08 Å². The topological polar surface area (TPSA) is 101 Å². The molecule has 0 saturated carbocycles. The van der Waals surface area contributed by atoms with Gasteiger partial charge in [-0.05, 0) is 38.3 Å². The number of pyridine rings is 1. The van der Waals surface area contributed by atoms with E-state index >= 15 is 0 Å². The van der Waals surface area contributed by atoms with E-state index < -0.39 is 0 Å². The van der Waals surface area contributed by atoms with Gasteiger partial charge in [0.05, 0.1) is 0 Å². The molecule has 1 aliphatic rings. The Hall–Kier alpha value is -2.94. The molecule has 3 heterocycles. The molecule has 9 heteroatoms. The molecular formula is C21H30N6O3. The van der Waals surface area contributed by atoms with Gasteiger partial charge in [0.2, 0.25) is 0 Å². The SMILES string of the molecule is C=CCn1c(=O)c(N2CCC(NC(=O)NCCCOCC)CC2)nc2cccnc21. The lowest BCUT2D eigenvalue weighted by molar-refractivity contribution is 0.145. The van der Waals surface area contributed by atoms with Crippen LogP contribution in [-0.4, -0.2) is 59.5 Å². The molecule has 2 aromatic rings. The maximum absolute atomic E-state index is 13.0. The van der Waals surface area contributed by atoms with Crippen molar-refractivity contribution >= 4 is 23.0 Å². The average Bonchev–Trinajstić information content (AvgIpc) is 2.76. The normalized spacial score (nSPS) is 14.6. The van der Waals surface area contributed by atoms with Crippen LogP contribution in [0.5, 0.6) is 0 Å². The summed E-state index contributed by atoms with van der Waals surface area (Å²) in [6, 6.07) is 3.58. The highest BCUT2D eigenvalue weighted by Gasteiger charge is 2.24. The highest BCUT2D eigenvalue weighted by molar-refractivity contribution is 5.74. The summed E-state index contributed by atoms with van der Waals surface area (Å²) in [7, 11) is 0. The van der Waals surface area contributed by atoms with E-state index in [2.05, 4.69) is 27.2 Å². The van der Waals surface area contributed by atoms with Gasteiger partial charge in [-0.2, -0.15) is 0 Å². The summed E-state index contributed by atoms with van der Waals surface area (Å²) in [5, 5.41) is 5.87. The van der Waals surface area contributed by atoms with Crippen molar-refractivity contribution in [1.29, 1.82) is 0 Å². The first kappa shape index (κ1) is 21.8. The molecule has 2 amide bonds. The quantitative estimate of drug-likeness (QED) is 0.478. The first-order chi connectivity index (χ1) is 14.6. The van der Waals surface area contributed by atoms with Crippen LogP contribution in [0.4, 0.5) is 10.6 Å². The average molecular weight is 415 g/mol. The number of carbonyl (C=O) groups excluding carboxylic acids is 1. The van der Waals surface area contributed by atoms with E-state index in [0.717, 1.165) is 19.3 Å². The summed E-state index contributed by atoms with van der Waals surface area (Å²) in [5.74, 6) is 0.427. The van der Waals surface area contributed by atoms with Crippen molar-refractivity contribution in [3.05, 3.63) is 41.3 Å². The van der Waals surface area contributed by atoms with Crippen molar-refractivity contribution in [2.45, 2.75) is 38.8 Å². The fraction of sp³-hybridized carbons (Fsp3) is 0.524. The summed E-state index contributed by atoms with van der Waals surface area (Å²) >= 11 is 0. The van der Waals surface area contributed by atoms with Crippen LogP contribution < -0.4 is 21.1 Å². The summed E-state index contributed by atoms with van der Waals surface area (Å²) in [5.41, 5.74) is 1.07. The third-order valence-electron chi connectivity index (χ3n) is 5.08. The predicted octanol–water partition coefficient (Wildman–Crippen LogP) is 1.67. The molecule has 0 aromatic carbocycles. The fourth-order valence-electron chi connectivity index (χ4n) is 3.56. The first-order valence-electron chi connectivity index (χ1n) is 10.5. The Morgan fingerprint density at radius 3 is 2.93 bits per heavy atom. The van der Waals surface area contributed by atoms with Crippen LogP contribution in [0, 0.1) is 0 Å². The molecule has 3 rings (SSSR count). The van der Waals surface area contributed by atoms with E-state index in [4.69, 9.17) is 4.74 Å². The third kappa shape index (κ3) is 5.35. The van der Waals surface area contributed by atoms with Crippen LogP contribution in [0.25, 0.3) is 11.2 Å². The number of rotatable bonds is 9. The zero-order valence-electron chi connectivity index (χ0n) is 17.5. The maximum atomic E-state index is 13.0. The summed E-state index contributed by atoms with van der Waals surface area (Å²) in [6.07, 6.45) is 5.63. The van der Waals surface area contributed by atoms with Crippen LogP contribution in [0.1, 0.15) is 26.2 Å². The molecule has 2 N–H and O–H groups in total. The number of carbonyl (C=O) groups is 1. The molecule has 0 bridgehead atoms. The number of allylic oxidation sites excluding steroid dienone is 1. The van der Waals surface area contributed by atoms with Gasteiger partial charge in [0.1, 0.15) is 5.52 Å². The van der Waals surface area contributed by atoms with Crippen molar-refractivity contribution in [2.75, 3.05) is 37.7 Å². The monoisotopic (exact) mass is 414 g/mol. The van der Waals surface area contributed by atoms with Crippen molar-refractivity contribution in [3.63, 3.8) is 0 Å². The molecular weight excluding hydrogens is 384 g/mol. The van der Waals surface area contributed by atoms with E-state index in [-0.39, 0.29) is 17.6 Å². The minimum atomic E-state index is -0.167. The van der Waals surface area contributed by atoms with Crippen LogP contribution in [0.2, 0.25) is 0 Å². The largest absolute Gasteiger partial charge is 0.382 e. The maximum Gasteiger partial charge on any atom is 0.315 e. The number of nitrogens with zero attached hydrogens (tertiary/aromatic N) is 4. The smallest absolute Gasteiger partial charge is 0.315 e. The number of aromatic nitrogens is 3. The molecule has 30 heavy (non-hydrogen) atoms. The van der Waals surface area contributed by atoms with Gasteiger partial charge in [0.15, 0.2) is 11.5 Å². The van der Waals surface area contributed by atoms with Gasteiger partial charge in [-0.3, -0.25) is 9.36 Å². The van der Waals surface area contributed by atoms with Crippen molar-refractivity contribution in [1.82, 2.24) is 25.2 Å². The zero-order chi connectivity index (χ0) is 21.3. The Bertz CT molecular complexity index is 921. The van der Waals surface area contributed by atoms with Crippen LogP contribution in [-0.2, 0) is 11.3 Å². The number of piperidine rings is 1. The minimum absolute atomic E-state index is 0.0747. The van der Waals surface area contributed by atoms with Gasteiger partial charge in [0, 0.05) is 51.6 Å². The summed E-state index contributed by atoms with van der Waals surface area (Å²) in [6.45, 7) is 9.29. The third-order valence-corrected chi connectivity index (χ3v) is 5.08. The molecule has 1 saturated heterocycles. The standard InChI is InChI=1S/C21H30N6O3/c1-3-12-27-18-17(7-5-10-22-18)25-19(20(27)28)26-13-8-16(9-14-26)24-21(29)23-11-6-15-30-4-2/h3,5,7,10,16H,1,4,6,8-9,11-15H2,2H3,(H2,23,24,29).